The van der Waals surface area contributed by atoms with Gasteiger partial charge in [0, 0.05) is 18.7 Å². The van der Waals surface area contributed by atoms with Crippen LogP contribution in [0.15, 0.2) is 36.4 Å². The third-order valence-corrected chi connectivity index (χ3v) is 3.90. The van der Waals surface area contributed by atoms with E-state index in [4.69, 9.17) is 17.3 Å². The number of anilines is 1. The molecule has 0 radical (unpaired) electrons. The van der Waals surface area contributed by atoms with E-state index in [0.29, 0.717) is 12.1 Å². The van der Waals surface area contributed by atoms with E-state index in [9.17, 15) is 4.79 Å². The predicted molar refractivity (Wildman–Crippen MR) is 83.2 cm³/mol. The zero-order chi connectivity index (χ0) is 14.8. The largest absolute Gasteiger partial charge is 0.384 e. The summed E-state index contributed by atoms with van der Waals surface area (Å²) in [5.74, 6) is 0.212. The van der Waals surface area contributed by atoms with Gasteiger partial charge >= 0.3 is 0 Å². The van der Waals surface area contributed by atoms with E-state index in [1.807, 2.05) is 17.0 Å². The van der Waals surface area contributed by atoms with Gasteiger partial charge in [-0.05, 0) is 36.1 Å². The molecule has 1 aromatic carbocycles. The molecule has 2 heterocycles. The Morgan fingerprint density at radius 3 is 2.76 bits per heavy atom. The molecule has 0 spiro atoms. The Bertz CT molecular complexity index is 667. The highest BCUT2D eigenvalue weighted by atomic mass is 35.5. The van der Waals surface area contributed by atoms with E-state index in [-0.39, 0.29) is 16.9 Å². The van der Waals surface area contributed by atoms with Gasteiger partial charge in [-0.2, -0.15) is 0 Å². The number of amides is 1. The normalized spacial score (nSPS) is 14.4. The van der Waals surface area contributed by atoms with E-state index in [2.05, 4.69) is 17.1 Å². The fourth-order valence-electron chi connectivity index (χ4n) is 2.70. The van der Waals surface area contributed by atoms with Gasteiger partial charge in [0.2, 0.25) is 0 Å². The summed E-state index contributed by atoms with van der Waals surface area (Å²) in [6, 6.07) is 11.4. The highest BCUT2D eigenvalue weighted by molar-refractivity contribution is 6.29. The molecule has 0 aliphatic carbocycles. The van der Waals surface area contributed by atoms with Gasteiger partial charge in [0.15, 0.2) is 0 Å². The lowest BCUT2D eigenvalue weighted by atomic mass is 10.0. The van der Waals surface area contributed by atoms with Gasteiger partial charge < -0.3 is 10.6 Å². The summed E-state index contributed by atoms with van der Waals surface area (Å²) in [6.45, 7) is 1.35. The Labute approximate surface area is 128 Å². The Balaban J connectivity index is 1.88. The van der Waals surface area contributed by atoms with Crippen LogP contribution in [0.5, 0.6) is 0 Å². The zero-order valence-corrected chi connectivity index (χ0v) is 12.3. The molecule has 2 N–H and O–H groups in total. The maximum atomic E-state index is 12.7. The highest BCUT2D eigenvalue weighted by Crippen LogP contribution is 2.21. The second-order valence-electron chi connectivity index (χ2n) is 5.20. The predicted octanol–water partition coefficient (Wildman–Crippen LogP) is 2.91. The first-order valence-corrected chi connectivity index (χ1v) is 7.30. The summed E-state index contributed by atoms with van der Waals surface area (Å²) in [5.41, 5.74) is 8.68. The maximum absolute atomic E-state index is 12.7. The summed E-state index contributed by atoms with van der Waals surface area (Å²) >= 11 is 5.88. The molecule has 0 bridgehead atoms. The number of hydrogen-bond donors (Lipinski definition) is 1. The SMILES string of the molecule is Nc1cc(C(=O)N2CCCc3ccccc3C2)cc(Cl)n1. The molecule has 2 aromatic rings. The number of aromatic nitrogens is 1. The third-order valence-electron chi connectivity index (χ3n) is 3.70. The minimum atomic E-state index is -0.0531. The van der Waals surface area contributed by atoms with E-state index in [1.54, 1.807) is 12.1 Å². The molecule has 0 fully saturated rings. The van der Waals surface area contributed by atoms with Crippen molar-refractivity contribution in [3.8, 4) is 0 Å². The van der Waals surface area contributed by atoms with Crippen molar-refractivity contribution in [3.63, 3.8) is 0 Å². The summed E-state index contributed by atoms with van der Waals surface area (Å²) < 4.78 is 0. The number of aryl methyl sites for hydroxylation is 1. The van der Waals surface area contributed by atoms with Crippen LogP contribution >= 0.6 is 11.6 Å². The van der Waals surface area contributed by atoms with E-state index in [1.165, 1.54) is 11.1 Å². The van der Waals surface area contributed by atoms with Crippen molar-refractivity contribution < 1.29 is 4.79 Å². The third kappa shape index (κ3) is 3.00. The van der Waals surface area contributed by atoms with Crippen LogP contribution in [-0.4, -0.2) is 22.3 Å². The van der Waals surface area contributed by atoms with Crippen LogP contribution in [-0.2, 0) is 13.0 Å². The number of rotatable bonds is 1. The summed E-state index contributed by atoms with van der Waals surface area (Å²) in [5, 5.41) is 0.244. The van der Waals surface area contributed by atoms with Crippen LogP contribution < -0.4 is 5.73 Å². The standard InChI is InChI=1S/C16H16ClN3O/c17-14-8-13(9-15(18)19-14)16(21)20-7-3-6-11-4-1-2-5-12(11)10-20/h1-2,4-5,8-9H,3,6-7,10H2,(H2,18,19). The number of benzene rings is 1. The van der Waals surface area contributed by atoms with Gasteiger partial charge in [0.05, 0.1) is 0 Å². The molecule has 3 rings (SSSR count). The van der Waals surface area contributed by atoms with Crippen LogP contribution in [0, 0.1) is 0 Å². The van der Waals surface area contributed by atoms with Gasteiger partial charge in [-0.3, -0.25) is 4.79 Å². The van der Waals surface area contributed by atoms with Crippen LogP contribution in [0.4, 0.5) is 5.82 Å². The molecular weight excluding hydrogens is 286 g/mol. The van der Waals surface area contributed by atoms with Crippen molar-refractivity contribution in [2.24, 2.45) is 0 Å². The second-order valence-corrected chi connectivity index (χ2v) is 5.59. The smallest absolute Gasteiger partial charge is 0.254 e. The molecule has 0 saturated heterocycles. The number of nitrogen functional groups attached to an aromatic ring is 1. The van der Waals surface area contributed by atoms with Crippen molar-refractivity contribution in [3.05, 3.63) is 58.2 Å². The number of fused-ring (bicyclic) bond motifs is 1. The Kier molecular flexibility index (Phi) is 3.80. The molecular formula is C16H16ClN3O. The van der Waals surface area contributed by atoms with Crippen molar-refractivity contribution in [2.75, 3.05) is 12.3 Å². The van der Waals surface area contributed by atoms with Crippen molar-refractivity contribution >= 4 is 23.3 Å². The highest BCUT2D eigenvalue weighted by Gasteiger charge is 2.20. The lowest BCUT2D eigenvalue weighted by molar-refractivity contribution is 0.0746. The van der Waals surface area contributed by atoms with E-state index >= 15 is 0 Å². The quantitative estimate of drug-likeness (QED) is 0.824. The van der Waals surface area contributed by atoms with Gasteiger partial charge in [-0.15, -0.1) is 0 Å². The molecule has 5 heteroatoms. The number of nitrogens with two attached hydrogens (primary N) is 1. The van der Waals surface area contributed by atoms with Crippen LogP contribution in [0.25, 0.3) is 0 Å². The number of carbonyl (C=O) groups is 1. The number of pyridine rings is 1. The monoisotopic (exact) mass is 301 g/mol. The average molecular weight is 302 g/mol. The first kappa shape index (κ1) is 13.9. The first-order valence-electron chi connectivity index (χ1n) is 6.92. The topological polar surface area (TPSA) is 59.2 Å². The lowest BCUT2D eigenvalue weighted by Gasteiger charge is -2.21. The summed E-state index contributed by atoms with van der Waals surface area (Å²) in [4.78, 5) is 18.4. The van der Waals surface area contributed by atoms with Gasteiger partial charge in [0.1, 0.15) is 11.0 Å². The average Bonchev–Trinajstić information content (AvgIpc) is 2.67. The van der Waals surface area contributed by atoms with Gasteiger partial charge in [0.25, 0.3) is 5.91 Å². The molecule has 21 heavy (non-hydrogen) atoms. The van der Waals surface area contributed by atoms with Crippen molar-refractivity contribution in [1.82, 2.24) is 9.88 Å². The number of carbonyl (C=O) groups excluding carboxylic acids is 1. The minimum Gasteiger partial charge on any atom is -0.384 e. The Hall–Kier alpha value is -2.07. The number of hydrogen-bond acceptors (Lipinski definition) is 3. The molecule has 1 aromatic heterocycles. The fraction of sp³-hybridized carbons (Fsp3) is 0.250. The summed E-state index contributed by atoms with van der Waals surface area (Å²) in [6.07, 6.45) is 1.95. The molecule has 1 aliphatic heterocycles. The van der Waals surface area contributed by atoms with Crippen molar-refractivity contribution in [2.45, 2.75) is 19.4 Å². The number of halogens is 1. The molecule has 4 nitrogen and oxygen atoms in total. The minimum absolute atomic E-state index is 0.0531. The van der Waals surface area contributed by atoms with Crippen LogP contribution in [0.2, 0.25) is 5.15 Å². The maximum Gasteiger partial charge on any atom is 0.254 e. The second kappa shape index (κ2) is 5.74. The fourth-order valence-corrected chi connectivity index (χ4v) is 2.91. The lowest BCUT2D eigenvalue weighted by Crippen LogP contribution is -2.30. The molecule has 1 aliphatic rings. The van der Waals surface area contributed by atoms with E-state index < -0.39 is 0 Å². The Morgan fingerprint density at radius 1 is 1.24 bits per heavy atom. The van der Waals surface area contributed by atoms with Crippen LogP contribution in [0.1, 0.15) is 27.9 Å². The van der Waals surface area contributed by atoms with E-state index in [0.717, 1.165) is 19.4 Å². The zero-order valence-electron chi connectivity index (χ0n) is 11.6. The molecule has 0 unspecified atom stereocenters. The molecule has 0 saturated carbocycles. The van der Waals surface area contributed by atoms with Gasteiger partial charge in [-0.25, -0.2) is 4.98 Å². The first-order chi connectivity index (χ1) is 10.1. The van der Waals surface area contributed by atoms with Crippen LogP contribution in [0.3, 0.4) is 0 Å². The summed E-state index contributed by atoms with van der Waals surface area (Å²) in [7, 11) is 0. The molecule has 1 amide bonds. The number of nitrogens with zero attached hydrogens (tertiary/aromatic N) is 2. The Morgan fingerprint density at radius 2 is 2.00 bits per heavy atom. The molecule has 0 atom stereocenters. The van der Waals surface area contributed by atoms with Crippen molar-refractivity contribution in [1.29, 1.82) is 0 Å². The molecule has 108 valence electrons. The van der Waals surface area contributed by atoms with Gasteiger partial charge in [-0.1, -0.05) is 35.9 Å².